The molecule has 4 nitrogen and oxygen atoms in total. The molecule has 0 heterocycles. The van der Waals surface area contributed by atoms with E-state index in [1.165, 1.54) is 32.4 Å². The van der Waals surface area contributed by atoms with Crippen molar-refractivity contribution in [2.75, 3.05) is 14.2 Å². The number of carbonyl (C=O) groups excluding carboxylic acids is 1. The predicted molar refractivity (Wildman–Crippen MR) is 52.2 cm³/mol. The maximum absolute atomic E-state index is 11.5. The molecule has 0 aliphatic carbocycles. The Balaban J connectivity index is 3.02. The van der Waals surface area contributed by atoms with E-state index in [1.54, 1.807) is 0 Å². The maximum Gasteiger partial charge on any atom is 0.278 e. The topological polar surface area (TPSA) is 49.8 Å². The number of hydrogen-bond donors (Lipinski definition) is 1. The molecule has 0 radical (unpaired) electrons. The fourth-order valence-corrected chi connectivity index (χ4v) is 1.19. The van der Waals surface area contributed by atoms with Crippen molar-refractivity contribution in [1.82, 2.24) is 5.06 Å². The Morgan fingerprint density at radius 3 is 2.71 bits per heavy atom. The third kappa shape index (κ3) is 2.16. The summed E-state index contributed by atoms with van der Waals surface area (Å²) < 4.78 is 0. The van der Waals surface area contributed by atoms with Crippen molar-refractivity contribution >= 4 is 17.5 Å². The SMILES string of the molecule is CON(C)C(=O)c1ccc(O)cc1Cl. The minimum Gasteiger partial charge on any atom is -0.508 e. The zero-order chi connectivity index (χ0) is 10.7. The highest BCUT2D eigenvalue weighted by atomic mass is 35.5. The quantitative estimate of drug-likeness (QED) is 0.764. The number of rotatable bonds is 2. The first-order chi connectivity index (χ1) is 6.56. The van der Waals surface area contributed by atoms with Crippen LogP contribution in [0.1, 0.15) is 10.4 Å². The molecular weight excluding hydrogens is 206 g/mol. The number of phenolic OH excluding ortho intramolecular Hbond substituents is 1. The summed E-state index contributed by atoms with van der Waals surface area (Å²) in [5.41, 5.74) is 0.286. The van der Waals surface area contributed by atoms with Crippen LogP contribution in [-0.4, -0.2) is 30.2 Å². The number of aromatic hydroxyl groups is 1. The third-order valence-corrected chi connectivity index (χ3v) is 2.06. The van der Waals surface area contributed by atoms with Crippen molar-refractivity contribution in [3.63, 3.8) is 0 Å². The van der Waals surface area contributed by atoms with Gasteiger partial charge in [0.25, 0.3) is 5.91 Å². The Morgan fingerprint density at radius 2 is 2.21 bits per heavy atom. The highest BCUT2D eigenvalue weighted by molar-refractivity contribution is 6.33. The highest BCUT2D eigenvalue weighted by Crippen LogP contribution is 2.22. The molecule has 1 aromatic rings. The van der Waals surface area contributed by atoms with Crippen molar-refractivity contribution < 1.29 is 14.7 Å². The van der Waals surface area contributed by atoms with E-state index < -0.39 is 0 Å². The van der Waals surface area contributed by atoms with E-state index >= 15 is 0 Å². The summed E-state index contributed by atoms with van der Waals surface area (Å²) in [7, 11) is 2.86. The lowest BCUT2D eigenvalue weighted by Gasteiger charge is -2.14. The van der Waals surface area contributed by atoms with Crippen LogP contribution >= 0.6 is 11.6 Å². The van der Waals surface area contributed by atoms with Gasteiger partial charge in [-0.05, 0) is 18.2 Å². The minimum absolute atomic E-state index is 0.0200. The minimum atomic E-state index is -0.363. The van der Waals surface area contributed by atoms with Crippen molar-refractivity contribution in [3.8, 4) is 5.75 Å². The molecule has 0 fully saturated rings. The number of benzene rings is 1. The summed E-state index contributed by atoms with van der Waals surface area (Å²) in [6, 6.07) is 4.14. The van der Waals surface area contributed by atoms with E-state index in [0.29, 0.717) is 0 Å². The van der Waals surface area contributed by atoms with Crippen LogP contribution in [0.4, 0.5) is 0 Å². The molecule has 0 spiro atoms. The molecule has 5 heteroatoms. The second-order valence-electron chi connectivity index (χ2n) is 2.65. The van der Waals surface area contributed by atoms with Crippen molar-refractivity contribution in [1.29, 1.82) is 0 Å². The number of hydroxylamine groups is 2. The lowest BCUT2D eigenvalue weighted by molar-refractivity contribution is -0.0756. The summed E-state index contributed by atoms with van der Waals surface area (Å²) in [5.74, 6) is -0.343. The molecule has 76 valence electrons. The molecule has 0 aliphatic rings. The van der Waals surface area contributed by atoms with E-state index in [-0.39, 0.29) is 22.2 Å². The summed E-state index contributed by atoms with van der Waals surface area (Å²) in [5, 5.41) is 10.3. The molecule has 1 aromatic carbocycles. The number of halogens is 1. The van der Waals surface area contributed by atoms with Crippen LogP contribution in [0.3, 0.4) is 0 Å². The van der Waals surface area contributed by atoms with Crippen molar-refractivity contribution in [2.45, 2.75) is 0 Å². The standard InChI is InChI=1S/C9H10ClNO3/c1-11(14-2)9(13)7-4-3-6(12)5-8(7)10/h3-5,12H,1-2H3. The van der Waals surface area contributed by atoms with Gasteiger partial charge in [-0.1, -0.05) is 11.6 Å². The lowest BCUT2D eigenvalue weighted by Crippen LogP contribution is -2.25. The maximum atomic E-state index is 11.5. The lowest BCUT2D eigenvalue weighted by atomic mass is 10.2. The average molecular weight is 216 g/mol. The molecule has 0 bridgehead atoms. The average Bonchev–Trinajstić information content (AvgIpc) is 2.15. The van der Waals surface area contributed by atoms with E-state index in [4.69, 9.17) is 21.5 Å². The van der Waals surface area contributed by atoms with Crippen LogP contribution in [0.2, 0.25) is 5.02 Å². The number of carbonyl (C=O) groups is 1. The fourth-order valence-electron chi connectivity index (χ4n) is 0.930. The zero-order valence-electron chi connectivity index (χ0n) is 7.82. The number of hydrogen-bond acceptors (Lipinski definition) is 3. The molecule has 1 amide bonds. The van der Waals surface area contributed by atoms with Gasteiger partial charge in [-0.3, -0.25) is 9.63 Å². The van der Waals surface area contributed by atoms with E-state index in [1.807, 2.05) is 0 Å². The molecule has 0 atom stereocenters. The molecule has 0 aromatic heterocycles. The Labute approximate surface area is 86.6 Å². The highest BCUT2D eigenvalue weighted by Gasteiger charge is 2.14. The molecule has 0 saturated heterocycles. The van der Waals surface area contributed by atoms with Gasteiger partial charge in [0, 0.05) is 7.05 Å². The summed E-state index contributed by atoms with van der Waals surface area (Å²) >= 11 is 5.76. The van der Waals surface area contributed by atoms with E-state index in [9.17, 15) is 4.79 Å². The first-order valence-electron chi connectivity index (χ1n) is 3.87. The fraction of sp³-hybridized carbons (Fsp3) is 0.222. The molecule has 1 rings (SSSR count). The zero-order valence-corrected chi connectivity index (χ0v) is 8.58. The summed E-state index contributed by atoms with van der Waals surface area (Å²) in [6.45, 7) is 0. The van der Waals surface area contributed by atoms with Gasteiger partial charge in [0.15, 0.2) is 0 Å². The second kappa shape index (κ2) is 4.30. The molecule has 0 saturated carbocycles. The van der Waals surface area contributed by atoms with Gasteiger partial charge >= 0.3 is 0 Å². The van der Waals surface area contributed by atoms with Gasteiger partial charge in [-0.15, -0.1) is 0 Å². The molecular formula is C9H10ClNO3. The molecule has 0 aliphatic heterocycles. The monoisotopic (exact) mass is 215 g/mol. The number of phenols is 1. The van der Waals surface area contributed by atoms with Gasteiger partial charge in [0.2, 0.25) is 0 Å². The molecule has 14 heavy (non-hydrogen) atoms. The van der Waals surface area contributed by atoms with Gasteiger partial charge in [0.05, 0.1) is 17.7 Å². The normalized spacial score (nSPS) is 9.93. The Hall–Kier alpha value is -1.26. The molecule has 1 N–H and O–H groups in total. The smallest absolute Gasteiger partial charge is 0.278 e. The van der Waals surface area contributed by atoms with E-state index in [2.05, 4.69) is 0 Å². The van der Waals surface area contributed by atoms with Crippen LogP contribution in [-0.2, 0) is 4.84 Å². The first-order valence-corrected chi connectivity index (χ1v) is 4.24. The Bertz CT molecular complexity index is 354. The van der Waals surface area contributed by atoms with Crippen molar-refractivity contribution in [3.05, 3.63) is 28.8 Å². The summed E-state index contributed by atoms with van der Waals surface area (Å²) in [4.78, 5) is 16.3. The van der Waals surface area contributed by atoms with Crippen LogP contribution in [0.5, 0.6) is 5.75 Å². The first kappa shape index (κ1) is 10.8. The van der Waals surface area contributed by atoms with Crippen LogP contribution in [0.25, 0.3) is 0 Å². The largest absolute Gasteiger partial charge is 0.508 e. The van der Waals surface area contributed by atoms with Crippen LogP contribution in [0.15, 0.2) is 18.2 Å². The van der Waals surface area contributed by atoms with Crippen LogP contribution in [0, 0.1) is 0 Å². The van der Waals surface area contributed by atoms with Gasteiger partial charge < -0.3 is 5.11 Å². The number of amides is 1. The number of nitrogens with zero attached hydrogens (tertiary/aromatic N) is 1. The van der Waals surface area contributed by atoms with Gasteiger partial charge in [-0.2, -0.15) is 0 Å². The van der Waals surface area contributed by atoms with Gasteiger partial charge in [-0.25, -0.2) is 5.06 Å². The Morgan fingerprint density at radius 1 is 1.57 bits per heavy atom. The Kier molecular flexibility index (Phi) is 3.33. The van der Waals surface area contributed by atoms with Crippen LogP contribution < -0.4 is 0 Å². The second-order valence-corrected chi connectivity index (χ2v) is 3.06. The third-order valence-electron chi connectivity index (χ3n) is 1.74. The molecule has 0 unspecified atom stereocenters. The van der Waals surface area contributed by atoms with E-state index in [0.717, 1.165) is 5.06 Å². The van der Waals surface area contributed by atoms with Gasteiger partial charge in [0.1, 0.15) is 5.75 Å². The summed E-state index contributed by atoms with van der Waals surface area (Å²) in [6.07, 6.45) is 0. The predicted octanol–water partition coefficient (Wildman–Crippen LogP) is 1.68. The van der Waals surface area contributed by atoms with Crippen molar-refractivity contribution in [2.24, 2.45) is 0 Å².